The van der Waals surface area contributed by atoms with Crippen LogP contribution in [0, 0.1) is 5.92 Å². The number of allylic oxidation sites excluding steroid dienone is 2. The summed E-state index contributed by atoms with van der Waals surface area (Å²) in [6.07, 6.45) is 6.17. The highest BCUT2D eigenvalue weighted by molar-refractivity contribution is 5.92. The van der Waals surface area contributed by atoms with Crippen LogP contribution in [0.15, 0.2) is 47.1 Å². The van der Waals surface area contributed by atoms with Crippen molar-refractivity contribution in [1.29, 1.82) is 0 Å². The molecule has 1 aliphatic carbocycles. The molecule has 0 aromatic rings. The number of hydrogen-bond donors (Lipinski definition) is 2. The van der Waals surface area contributed by atoms with Crippen molar-refractivity contribution < 1.29 is 29.3 Å². The lowest BCUT2D eigenvalue weighted by Crippen LogP contribution is -2.34. The third-order valence-electron chi connectivity index (χ3n) is 4.69. The van der Waals surface area contributed by atoms with Crippen molar-refractivity contribution in [2.75, 3.05) is 13.2 Å². The van der Waals surface area contributed by atoms with E-state index in [-0.39, 0.29) is 17.8 Å². The van der Waals surface area contributed by atoms with Crippen LogP contribution < -0.4 is 0 Å². The van der Waals surface area contributed by atoms with Gasteiger partial charge >= 0.3 is 11.9 Å². The van der Waals surface area contributed by atoms with Crippen LogP contribution in [-0.2, 0) is 19.1 Å². The van der Waals surface area contributed by atoms with Gasteiger partial charge in [0.1, 0.15) is 12.2 Å². The van der Waals surface area contributed by atoms with E-state index in [9.17, 15) is 14.7 Å². The average Bonchev–Trinajstić information content (AvgIpc) is 2.85. The van der Waals surface area contributed by atoms with E-state index >= 15 is 0 Å². The molecule has 6 heteroatoms. The average molecular weight is 362 g/mol. The molecule has 2 N–H and O–H groups in total. The highest BCUT2D eigenvalue weighted by Gasteiger charge is 2.44. The van der Waals surface area contributed by atoms with Crippen LogP contribution in [0.25, 0.3) is 0 Å². The maximum atomic E-state index is 12.4. The number of carbonyl (C=O) groups is 2. The number of carbonyl (C=O) groups excluding carboxylic acids is 2. The Labute approximate surface area is 153 Å². The van der Waals surface area contributed by atoms with Crippen molar-refractivity contribution in [2.24, 2.45) is 5.92 Å². The van der Waals surface area contributed by atoms with Crippen LogP contribution in [0.1, 0.15) is 33.1 Å². The predicted molar refractivity (Wildman–Crippen MR) is 96.0 cm³/mol. The largest absolute Gasteiger partial charge is 0.458 e. The van der Waals surface area contributed by atoms with Gasteiger partial charge < -0.3 is 19.7 Å². The molecule has 2 aliphatic rings. The maximum absolute atomic E-state index is 12.4. The lowest BCUT2D eigenvalue weighted by Gasteiger charge is -2.27. The van der Waals surface area contributed by atoms with Gasteiger partial charge in [-0.2, -0.15) is 0 Å². The molecule has 0 saturated carbocycles. The van der Waals surface area contributed by atoms with E-state index in [4.69, 9.17) is 14.6 Å². The van der Waals surface area contributed by atoms with Crippen LogP contribution in [0.2, 0.25) is 0 Å². The Bertz CT molecular complexity index is 670. The summed E-state index contributed by atoms with van der Waals surface area (Å²) >= 11 is 0. The Morgan fingerprint density at radius 2 is 2.12 bits per heavy atom. The Balaban J connectivity index is 2.36. The smallest absolute Gasteiger partial charge is 0.336 e. The van der Waals surface area contributed by atoms with Gasteiger partial charge in [0, 0.05) is 12.0 Å². The van der Waals surface area contributed by atoms with Crippen LogP contribution in [0.3, 0.4) is 0 Å². The van der Waals surface area contributed by atoms with Gasteiger partial charge in [-0.05, 0) is 38.8 Å². The summed E-state index contributed by atoms with van der Waals surface area (Å²) in [5, 5.41) is 18.3. The molecule has 1 aliphatic heterocycles. The van der Waals surface area contributed by atoms with E-state index < -0.39 is 36.7 Å². The summed E-state index contributed by atoms with van der Waals surface area (Å²) in [6.45, 7) is 6.85. The second kappa shape index (κ2) is 8.96. The molecule has 142 valence electrons. The molecule has 6 nitrogen and oxygen atoms in total. The van der Waals surface area contributed by atoms with Gasteiger partial charge in [-0.25, -0.2) is 9.59 Å². The molecule has 0 unspecified atom stereocenters. The summed E-state index contributed by atoms with van der Waals surface area (Å²) in [6, 6.07) is 0. The van der Waals surface area contributed by atoms with E-state index in [2.05, 4.69) is 12.7 Å². The molecular weight excluding hydrogens is 336 g/mol. The van der Waals surface area contributed by atoms with Crippen LogP contribution in [0.4, 0.5) is 0 Å². The zero-order chi connectivity index (χ0) is 19.3. The Kier molecular flexibility index (Phi) is 6.94. The molecule has 26 heavy (non-hydrogen) atoms. The standard InChI is InChI=1S/C20H26O6/c1-12-5-4-6-13(2)10-17(26-20(24)15(11-22)7-8-21)18-14(3)19(23)25-16(18)9-12/h6-7,9,16-18,21-22H,3-5,8,10-11H2,1-2H3/b12-9-,13-6-,15-7+/t16-,17-,18-/m1/s1. The van der Waals surface area contributed by atoms with E-state index in [0.29, 0.717) is 6.42 Å². The third-order valence-corrected chi connectivity index (χ3v) is 4.69. The summed E-state index contributed by atoms with van der Waals surface area (Å²) in [5.41, 5.74) is 2.39. The fourth-order valence-electron chi connectivity index (χ4n) is 3.27. The van der Waals surface area contributed by atoms with Crippen LogP contribution in [-0.4, -0.2) is 47.6 Å². The van der Waals surface area contributed by atoms with Crippen LogP contribution >= 0.6 is 0 Å². The summed E-state index contributed by atoms with van der Waals surface area (Å²) in [5.74, 6) is -1.70. The summed E-state index contributed by atoms with van der Waals surface area (Å²) in [7, 11) is 0. The molecule has 1 heterocycles. The maximum Gasteiger partial charge on any atom is 0.336 e. The second-order valence-electron chi connectivity index (χ2n) is 6.74. The van der Waals surface area contributed by atoms with Crippen molar-refractivity contribution in [3.8, 4) is 0 Å². The number of aliphatic hydroxyl groups is 2. The molecule has 0 bridgehead atoms. The number of fused-ring (bicyclic) bond motifs is 1. The third kappa shape index (κ3) is 4.71. The molecule has 0 aromatic carbocycles. The molecular formula is C20H26O6. The number of ether oxygens (including phenoxy) is 2. The topological polar surface area (TPSA) is 93.1 Å². The molecule has 1 saturated heterocycles. The first kappa shape index (κ1) is 20.1. The van der Waals surface area contributed by atoms with E-state index in [1.165, 1.54) is 6.08 Å². The molecule has 0 amide bonds. The predicted octanol–water partition coefficient (Wildman–Crippen LogP) is 1.98. The fourth-order valence-corrected chi connectivity index (χ4v) is 3.27. The van der Waals surface area contributed by atoms with Gasteiger partial charge in [0.25, 0.3) is 0 Å². The summed E-state index contributed by atoms with van der Waals surface area (Å²) in [4.78, 5) is 24.4. The minimum Gasteiger partial charge on any atom is -0.458 e. The van der Waals surface area contributed by atoms with Gasteiger partial charge in [-0.1, -0.05) is 23.8 Å². The van der Waals surface area contributed by atoms with E-state index in [1.807, 2.05) is 19.9 Å². The second-order valence-corrected chi connectivity index (χ2v) is 6.74. The number of esters is 2. The fraction of sp³-hybridized carbons (Fsp3) is 0.500. The normalized spacial score (nSPS) is 31.2. The first-order valence-electron chi connectivity index (χ1n) is 8.71. The highest BCUT2D eigenvalue weighted by Crippen LogP contribution is 2.36. The van der Waals surface area contributed by atoms with Gasteiger partial charge in [0.05, 0.1) is 24.7 Å². The molecule has 3 atom stereocenters. The summed E-state index contributed by atoms with van der Waals surface area (Å²) < 4.78 is 11.1. The van der Waals surface area contributed by atoms with Crippen molar-refractivity contribution >= 4 is 11.9 Å². The minimum absolute atomic E-state index is 0.0228. The highest BCUT2D eigenvalue weighted by atomic mass is 16.6. The lowest BCUT2D eigenvalue weighted by molar-refractivity contribution is -0.147. The quantitative estimate of drug-likeness (QED) is 0.451. The lowest BCUT2D eigenvalue weighted by atomic mass is 9.85. The van der Waals surface area contributed by atoms with Crippen molar-refractivity contribution in [2.45, 2.75) is 45.3 Å². The molecule has 1 fully saturated rings. The molecule has 0 spiro atoms. The number of rotatable bonds is 4. The molecule has 0 radical (unpaired) electrons. The van der Waals surface area contributed by atoms with E-state index in [0.717, 1.165) is 24.0 Å². The Hall–Kier alpha value is -2.18. The Morgan fingerprint density at radius 1 is 1.38 bits per heavy atom. The van der Waals surface area contributed by atoms with Gasteiger partial charge in [0.2, 0.25) is 0 Å². The SMILES string of the molecule is C=C1C(=O)O[C@@H]2/C=C(/C)CC/C=C(/C)C[C@@H](OC(=O)/C(=C/CO)CO)[C@H]12. The van der Waals surface area contributed by atoms with Gasteiger partial charge in [-0.15, -0.1) is 0 Å². The number of hydrogen-bond acceptors (Lipinski definition) is 6. The number of aliphatic hydroxyl groups excluding tert-OH is 2. The zero-order valence-corrected chi connectivity index (χ0v) is 15.2. The van der Waals surface area contributed by atoms with E-state index in [1.54, 1.807) is 0 Å². The molecule has 2 rings (SSSR count). The molecule has 0 aromatic heterocycles. The van der Waals surface area contributed by atoms with Gasteiger partial charge in [-0.3, -0.25) is 0 Å². The van der Waals surface area contributed by atoms with Gasteiger partial charge in [0.15, 0.2) is 0 Å². The van der Waals surface area contributed by atoms with Crippen LogP contribution in [0.5, 0.6) is 0 Å². The Morgan fingerprint density at radius 3 is 2.77 bits per heavy atom. The first-order chi connectivity index (χ1) is 12.4. The zero-order valence-electron chi connectivity index (χ0n) is 15.2. The van der Waals surface area contributed by atoms with Crippen molar-refractivity contribution in [3.05, 3.63) is 47.1 Å². The first-order valence-corrected chi connectivity index (χ1v) is 8.71. The van der Waals surface area contributed by atoms with Crippen molar-refractivity contribution in [3.63, 3.8) is 0 Å². The monoisotopic (exact) mass is 362 g/mol. The van der Waals surface area contributed by atoms with Crippen molar-refractivity contribution in [1.82, 2.24) is 0 Å². The minimum atomic E-state index is -0.719.